The molecular formula is C49H31NO. The molecule has 0 bridgehead atoms. The molecule has 2 heteroatoms. The second-order valence-corrected chi connectivity index (χ2v) is 13.6. The molecule has 0 N–H and O–H groups in total. The van der Waals surface area contributed by atoms with Gasteiger partial charge in [0.1, 0.15) is 11.2 Å². The molecule has 8 aromatic carbocycles. The van der Waals surface area contributed by atoms with Crippen LogP contribution in [0, 0.1) is 0 Å². The van der Waals surface area contributed by atoms with Crippen molar-refractivity contribution in [2.24, 2.45) is 0 Å². The summed E-state index contributed by atoms with van der Waals surface area (Å²) in [6.45, 7) is 0. The van der Waals surface area contributed by atoms with Crippen LogP contribution in [0.25, 0.3) is 82.8 Å². The molecular weight excluding hydrogens is 619 g/mol. The number of para-hydroxylation sites is 3. The Labute approximate surface area is 295 Å². The van der Waals surface area contributed by atoms with E-state index in [1.54, 1.807) is 0 Å². The van der Waals surface area contributed by atoms with Gasteiger partial charge in [0.05, 0.1) is 11.0 Å². The van der Waals surface area contributed by atoms with E-state index in [2.05, 4.69) is 174 Å². The van der Waals surface area contributed by atoms with Crippen LogP contribution in [-0.2, 0) is 0 Å². The van der Waals surface area contributed by atoms with Crippen LogP contribution >= 0.6 is 0 Å². The monoisotopic (exact) mass is 649 g/mol. The first-order valence-electron chi connectivity index (χ1n) is 17.6. The van der Waals surface area contributed by atoms with Gasteiger partial charge in [0, 0.05) is 33.2 Å². The van der Waals surface area contributed by atoms with Gasteiger partial charge in [0.2, 0.25) is 0 Å². The van der Waals surface area contributed by atoms with Crippen LogP contribution in [-0.4, -0.2) is 4.57 Å². The smallest absolute Gasteiger partial charge is 0.136 e. The number of hydrogen-bond acceptors (Lipinski definition) is 1. The largest absolute Gasteiger partial charge is 0.456 e. The Morgan fingerprint density at radius 2 is 0.961 bits per heavy atom. The maximum Gasteiger partial charge on any atom is 0.136 e. The van der Waals surface area contributed by atoms with Crippen molar-refractivity contribution in [3.8, 4) is 39.1 Å². The molecule has 0 saturated heterocycles. The summed E-state index contributed by atoms with van der Waals surface area (Å²) >= 11 is 0. The molecule has 0 amide bonds. The molecule has 238 valence electrons. The molecule has 1 aliphatic carbocycles. The summed E-state index contributed by atoms with van der Waals surface area (Å²) in [7, 11) is 0. The minimum atomic E-state index is 0.124. The van der Waals surface area contributed by atoms with Gasteiger partial charge in [-0.25, -0.2) is 0 Å². The highest BCUT2D eigenvalue weighted by atomic mass is 16.3. The van der Waals surface area contributed by atoms with E-state index in [4.69, 9.17) is 4.42 Å². The van der Waals surface area contributed by atoms with Crippen LogP contribution < -0.4 is 0 Å². The van der Waals surface area contributed by atoms with Gasteiger partial charge >= 0.3 is 0 Å². The fraction of sp³-hybridized carbons (Fsp3) is 0.0204. The highest BCUT2D eigenvalue weighted by molar-refractivity contribution is 6.10. The molecule has 1 atom stereocenters. The van der Waals surface area contributed by atoms with Crippen LogP contribution in [0.1, 0.15) is 22.6 Å². The summed E-state index contributed by atoms with van der Waals surface area (Å²) in [5.74, 6) is 0.124. The molecule has 0 saturated carbocycles. The topological polar surface area (TPSA) is 18.1 Å². The van der Waals surface area contributed by atoms with Crippen molar-refractivity contribution in [2.75, 3.05) is 0 Å². The lowest BCUT2D eigenvalue weighted by Gasteiger charge is -2.19. The lowest BCUT2D eigenvalue weighted by molar-refractivity contribution is 0.669. The molecule has 2 heterocycles. The zero-order valence-electron chi connectivity index (χ0n) is 27.8. The first kappa shape index (κ1) is 28.2. The van der Waals surface area contributed by atoms with Gasteiger partial charge in [-0.2, -0.15) is 0 Å². The van der Waals surface area contributed by atoms with E-state index < -0.39 is 0 Å². The normalized spacial score (nSPS) is 13.7. The van der Waals surface area contributed by atoms with Crippen LogP contribution in [0.15, 0.2) is 186 Å². The second kappa shape index (κ2) is 10.9. The van der Waals surface area contributed by atoms with E-state index in [0.29, 0.717) is 0 Å². The van der Waals surface area contributed by atoms with Gasteiger partial charge in [-0.05, 0) is 105 Å². The lowest BCUT2D eigenvalue weighted by atomic mass is 9.84. The molecule has 0 aliphatic heterocycles. The highest BCUT2D eigenvalue weighted by Crippen LogP contribution is 2.51. The maximum atomic E-state index is 6.32. The van der Waals surface area contributed by atoms with Gasteiger partial charge in [-0.15, -0.1) is 0 Å². The number of aromatic nitrogens is 1. The predicted octanol–water partition coefficient (Wildman–Crippen LogP) is 13.2. The Bertz CT molecular complexity index is 2980. The van der Waals surface area contributed by atoms with E-state index in [-0.39, 0.29) is 5.92 Å². The summed E-state index contributed by atoms with van der Waals surface area (Å²) in [5.41, 5.74) is 16.9. The zero-order chi connectivity index (χ0) is 33.5. The SMILES string of the molecule is c1ccc(-n2c3ccccc3c3cc(-c4ccc5c(c4)-c4ccccc4C5c4ccccc4-c4ccc5c(c4)oc4ccccc45)ccc32)cc1. The van der Waals surface area contributed by atoms with Crippen molar-refractivity contribution in [2.45, 2.75) is 5.92 Å². The minimum Gasteiger partial charge on any atom is -0.456 e. The third kappa shape index (κ3) is 4.23. The van der Waals surface area contributed by atoms with E-state index in [0.717, 1.165) is 21.9 Å². The Balaban J connectivity index is 1.05. The van der Waals surface area contributed by atoms with Gasteiger partial charge in [-0.1, -0.05) is 127 Å². The fourth-order valence-corrected chi connectivity index (χ4v) is 8.63. The first-order chi connectivity index (χ1) is 25.3. The number of benzene rings is 8. The van der Waals surface area contributed by atoms with Gasteiger partial charge in [0.15, 0.2) is 0 Å². The number of furan rings is 1. The quantitative estimate of drug-likeness (QED) is 0.186. The van der Waals surface area contributed by atoms with Gasteiger partial charge in [-0.3, -0.25) is 0 Å². The van der Waals surface area contributed by atoms with Crippen LogP contribution in [0.5, 0.6) is 0 Å². The standard InChI is InChI=1S/C49H31NO/c1-2-12-34(13-3-1)50-45-20-10-8-16-37(45)44-29-32(24-27-46(44)50)31-22-26-42-43(28-31)36-15-5-7-19-41(36)49(42)40-18-6-4-14-35(40)33-23-25-39-38-17-9-11-21-47(38)51-48(39)30-33/h1-30,49H. The molecule has 11 rings (SSSR count). The third-order valence-corrected chi connectivity index (χ3v) is 10.9. The number of fused-ring (bicyclic) bond motifs is 9. The van der Waals surface area contributed by atoms with E-state index in [1.165, 1.54) is 77.6 Å². The molecule has 10 aromatic rings. The number of nitrogens with zero attached hydrogens (tertiary/aromatic N) is 1. The van der Waals surface area contributed by atoms with E-state index in [1.807, 2.05) is 12.1 Å². The van der Waals surface area contributed by atoms with Crippen molar-refractivity contribution in [3.05, 3.63) is 199 Å². The minimum absolute atomic E-state index is 0.124. The van der Waals surface area contributed by atoms with Crippen molar-refractivity contribution >= 4 is 43.7 Å². The molecule has 0 spiro atoms. The molecule has 51 heavy (non-hydrogen) atoms. The second-order valence-electron chi connectivity index (χ2n) is 13.6. The van der Waals surface area contributed by atoms with Gasteiger partial charge < -0.3 is 8.98 Å². The van der Waals surface area contributed by atoms with Crippen LogP contribution in [0.2, 0.25) is 0 Å². The maximum absolute atomic E-state index is 6.32. The predicted molar refractivity (Wildman–Crippen MR) is 212 cm³/mol. The average molecular weight is 650 g/mol. The highest BCUT2D eigenvalue weighted by Gasteiger charge is 2.31. The van der Waals surface area contributed by atoms with E-state index >= 15 is 0 Å². The van der Waals surface area contributed by atoms with Crippen molar-refractivity contribution in [1.29, 1.82) is 0 Å². The molecule has 1 unspecified atom stereocenters. The fourth-order valence-electron chi connectivity index (χ4n) is 8.63. The Hall–Kier alpha value is -6.64. The third-order valence-electron chi connectivity index (χ3n) is 10.9. The van der Waals surface area contributed by atoms with Crippen LogP contribution in [0.4, 0.5) is 0 Å². The average Bonchev–Trinajstić information content (AvgIpc) is 3.85. The Morgan fingerprint density at radius 1 is 0.353 bits per heavy atom. The molecule has 2 aromatic heterocycles. The summed E-state index contributed by atoms with van der Waals surface area (Å²) in [6.07, 6.45) is 0. The first-order valence-corrected chi connectivity index (χ1v) is 17.6. The summed E-state index contributed by atoms with van der Waals surface area (Å²) in [6, 6.07) is 66.2. The zero-order valence-corrected chi connectivity index (χ0v) is 27.8. The summed E-state index contributed by atoms with van der Waals surface area (Å²) in [4.78, 5) is 0. The van der Waals surface area contributed by atoms with Gasteiger partial charge in [0.25, 0.3) is 0 Å². The lowest BCUT2D eigenvalue weighted by Crippen LogP contribution is -2.01. The molecule has 0 fully saturated rings. The summed E-state index contributed by atoms with van der Waals surface area (Å²) < 4.78 is 8.70. The molecule has 1 aliphatic rings. The molecule has 2 nitrogen and oxygen atoms in total. The van der Waals surface area contributed by atoms with Crippen molar-refractivity contribution < 1.29 is 4.42 Å². The van der Waals surface area contributed by atoms with E-state index in [9.17, 15) is 0 Å². The number of hydrogen-bond donors (Lipinski definition) is 0. The van der Waals surface area contributed by atoms with Crippen molar-refractivity contribution in [1.82, 2.24) is 4.57 Å². The summed E-state index contributed by atoms with van der Waals surface area (Å²) in [5, 5.41) is 4.84. The molecule has 0 radical (unpaired) electrons. The Morgan fingerprint density at radius 3 is 1.84 bits per heavy atom. The number of rotatable bonds is 4. The van der Waals surface area contributed by atoms with Crippen LogP contribution in [0.3, 0.4) is 0 Å². The van der Waals surface area contributed by atoms with Crippen molar-refractivity contribution in [3.63, 3.8) is 0 Å². The Kier molecular flexibility index (Phi) is 6.05.